The molecule has 0 saturated carbocycles. The number of carboxylic acid groups (broad SMARTS) is 1. The number of carbonyl (C=O) groups is 2. The van der Waals surface area contributed by atoms with Crippen molar-refractivity contribution in [2.75, 3.05) is 17.7 Å². The van der Waals surface area contributed by atoms with Gasteiger partial charge in [-0.25, -0.2) is 9.78 Å². The van der Waals surface area contributed by atoms with Gasteiger partial charge < -0.3 is 30.9 Å². The highest BCUT2D eigenvalue weighted by Crippen LogP contribution is 2.34. The lowest BCUT2D eigenvalue weighted by Gasteiger charge is -2.24. The molecule has 2 atom stereocenters. The zero-order chi connectivity index (χ0) is 27.9. The molecule has 5 N–H and O–H groups in total. The second-order valence-corrected chi connectivity index (χ2v) is 9.21. The summed E-state index contributed by atoms with van der Waals surface area (Å²) in [7, 11) is 0. The van der Waals surface area contributed by atoms with Crippen LogP contribution in [0.1, 0.15) is 44.0 Å². The van der Waals surface area contributed by atoms with Crippen LogP contribution in [-0.4, -0.2) is 34.7 Å². The van der Waals surface area contributed by atoms with Gasteiger partial charge in [0.15, 0.2) is 17.5 Å². The average Bonchev–Trinajstić information content (AvgIpc) is 2.91. The molecule has 0 aliphatic carbocycles. The number of benzene rings is 3. The van der Waals surface area contributed by atoms with E-state index in [0.717, 1.165) is 10.8 Å². The monoisotopic (exact) mass is 528 g/mol. The van der Waals surface area contributed by atoms with Crippen LogP contribution in [0.2, 0.25) is 0 Å². The Morgan fingerprint density at radius 2 is 1.72 bits per heavy atom. The predicted octanol–water partition coefficient (Wildman–Crippen LogP) is 5.10. The van der Waals surface area contributed by atoms with E-state index in [1.54, 1.807) is 60.8 Å². The van der Waals surface area contributed by atoms with E-state index in [1.807, 2.05) is 39.0 Å². The number of amides is 1. The Kier molecular flexibility index (Phi) is 8.50. The molecule has 9 nitrogen and oxygen atoms in total. The first kappa shape index (κ1) is 27.3. The van der Waals surface area contributed by atoms with Gasteiger partial charge in [-0.3, -0.25) is 4.79 Å². The van der Waals surface area contributed by atoms with Crippen molar-refractivity contribution >= 4 is 34.2 Å². The Balaban J connectivity index is 1.74. The number of nitrogen functional groups attached to an aromatic ring is 1. The van der Waals surface area contributed by atoms with Crippen LogP contribution >= 0.6 is 0 Å². The van der Waals surface area contributed by atoms with Crippen molar-refractivity contribution in [3.05, 3.63) is 90.1 Å². The molecule has 4 aromatic rings. The Morgan fingerprint density at radius 3 is 2.41 bits per heavy atom. The minimum absolute atomic E-state index is 0.0750. The van der Waals surface area contributed by atoms with Crippen molar-refractivity contribution in [1.29, 1.82) is 0 Å². The summed E-state index contributed by atoms with van der Waals surface area (Å²) in [5.74, 6) is -0.254. The van der Waals surface area contributed by atoms with Gasteiger partial charge in [0, 0.05) is 17.3 Å². The number of nitrogens with one attached hydrogen (secondary N) is 2. The highest BCUT2D eigenvalue weighted by Gasteiger charge is 2.28. The van der Waals surface area contributed by atoms with E-state index in [-0.39, 0.29) is 6.10 Å². The third kappa shape index (κ3) is 6.56. The third-order valence-electron chi connectivity index (χ3n) is 6.00. The predicted molar refractivity (Wildman–Crippen MR) is 151 cm³/mol. The van der Waals surface area contributed by atoms with Gasteiger partial charge in [0.25, 0.3) is 0 Å². The smallest absolute Gasteiger partial charge is 0.330 e. The molecule has 0 aliphatic heterocycles. The standard InChI is InChI=1S/C30H32N4O5/c1-4-38-25-17-21(10-13-24(25)39-18(2)3)26(29(35)34-27(30(36)37)19-8-6-5-7-9-19)33-22-11-12-23-20(16-22)14-15-32-28(23)31/h5-18,26-27,33H,4H2,1-3H3,(H2,31,32)(H,34,35)(H,36,37). The molecule has 9 heteroatoms. The Hall–Kier alpha value is -4.79. The van der Waals surface area contributed by atoms with Crippen molar-refractivity contribution in [3.8, 4) is 11.5 Å². The molecule has 0 aliphatic rings. The quantitative estimate of drug-likeness (QED) is 0.211. The van der Waals surface area contributed by atoms with Crippen LogP contribution in [0.5, 0.6) is 11.5 Å². The van der Waals surface area contributed by atoms with Crippen molar-refractivity contribution in [1.82, 2.24) is 10.3 Å². The Bertz CT molecular complexity index is 1460. The van der Waals surface area contributed by atoms with Crippen LogP contribution in [-0.2, 0) is 9.59 Å². The van der Waals surface area contributed by atoms with E-state index in [9.17, 15) is 14.7 Å². The summed E-state index contributed by atoms with van der Waals surface area (Å²) >= 11 is 0. The number of ether oxygens (including phenoxy) is 2. The summed E-state index contributed by atoms with van der Waals surface area (Å²) in [5, 5.41) is 17.5. The number of carboxylic acids is 1. The zero-order valence-corrected chi connectivity index (χ0v) is 22.0. The molecule has 3 aromatic carbocycles. The molecule has 39 heavy (non-hydrogen) atoms. The SMILES string of the molecule is CCOc1cc(C(Nc2ccc3c(N)nccc3c2)C(=O)NC(C(=O)O)c2ccccc2)ccc1OC(C)C. The van der Waals surface area contributed by atoms with Crippen LogP contribution in [0.15, 0.2) is 79.0 Å². The van der Waals surface area contributed by atoms with Crippen LogP contribution < -0.4 is 25.8 Å². The summed E-state index contributed by atoms with van der Waals surface area (Å²) in [6, 6.07) is 18.9. The van der Waals surface area contributed by atoms with Crippen molar-refractivity contribution in [2.45, 2.75) is 39.0 Å². The summed E-state index contributed by atoms with van der Waals surface area (Å²) in [4.78, 5) is 30.0. The van der Waals surface area contributed by atoms with Crippen molar-refractivity contribution in [2.24, 2.45) is 0 Å². The second-order valence-electron chi connectivity index (χ2n) is 9.21. The highest BCUT2D eigenvalue weighted by atomic mass is 16.5. The van der Waals surface area contributed by atoms with Gasteiger partial charge in [-0.1, -0.05) is 36.4 Å². The first-order valence-electron chi connectivity index (χ1n) is 12.7. The minimum atomic E-state index is -1.24. The second kappa shape index (κ2) is 12.2. The molecule has 0 fully saturated rings. The number of aromatic nitrogens is 1. The van der Waals surface area contributed by atoms with Gasteiger partial charge in [0.2, 0.25) is 5.91 Å². The van der Waals surface area contributed by atoms with E-state index in [1.165, 1.54) is 0 Å². The number of rotatable bonds is 11. The molecular formula is C30H32N4O5. The van der Waals surface area contributed by atoms with Crippen LogP contribution in [0.25, 0.3) is 10.8 Å². The molecule has 4 rings (SSSR count). The topological polar surface area (TPSA) is 136 Å². The lowest BCUT2D eigenvalue weighted by atomic mass is 10.0. The largest absolute Gasteiger partial charge is 0.490 e. The zero-order valence-electron chi connectivity index (χ0n) is 22.0. The molecule has 1 aromatic heterocycles. The number of anilines is 2. The molecule has 2 unspecified atom stereocenters. The van der Waals surface area contributed by atoms with E-state index in [0.29, 0.717) is 40.7 Å². The Labute approximate surface area is 227 Å². The van der Waals surface area contributed by atoms with Gasteiger partial charge in [-0.05, 0) is 73.7 Å². The maximum absolute atomic E-state index is 13.7. The fourth-order valence-corrected chi connectivity index (χ4v) is 4.24. The normalized spacial score (nSPS) is 12.5. The number of carbonyl (C=O) groups excluding carboxylic acids is 1. The molecule has 0 saturated heterocycles. The van der Waals surface area contributed by atoms with Crippen molar-refractivity contribution < 1.29 is 24.2 Å². The number of hydrogen-bond acceptors (Lipinski definition) is 7. The van der Waals surface area contributed by atoms with Gasteiger partial charge in [0.05, 0.1) is 12.7 Å². The molecule has 202 valence electrons. The number of nitrogens with two attached hydrogens (primary N) is 1. The van der Waals surface area contributed by atoms with Gasteiger partial charge >= 0.3 is 5.97 Å². The van der Waals surface area contributed by atoms with Gasteiger partial charge in [-0.2, -0.15) is 0 Å². The van der Waals surface area contributed by atoms with E-state index in [4.69, 9.17) is 15.2 Å². The first-order valence-corrected chi connectivity index (χ1v) is 12.7. The maximum atomic E-state index is 13.7. The summed E-state index contributed by atoms with van der Waals surface area (Å²) < 4.78 is 11.7. The maximum Gasteiger partial charge on any atom is 0.330 e. The first-order chi connectivity index (χ1) is 18.8. The van der Waals surface area contributed by atoms with Crippen LogP contribution in [0.3, 0.4) is 0 Å². The number of hydrogen-bond donors (Lipinski definition) is 4. The minimum Gasteiger partial charge on any atom is -0.490 e. The summed E-state index contributed by atoms with van der Waals surface area (Å²) in [6.07, 6.45) is 1.54. The van der Waals surface area contributed by atoms with Gasteiger partial charge in [-0.15, -0.1) is 0 Å². The number of pyridine rings is 1. The molecule has 1 heterocycles. The average molecular weight is 529 g/mol. The lowest BCUT2D eigenvalue weighted by Crippen LogP contribution is -2.39. The molecular weight excluding hydrogens is 496 g/mol. The number of aliphatic carboxylic acids is 1. The van der Waals surface area contributed by atoms with Crippen LogP contribution in [0, 0.1) is 0 Å². The molecule has 0 spiro atoms. The summed E-state index contributed by atoms with van der Waals surface area (Å²) in [6.45, 7) is 6.09. The molecule has 0 bridgehead atoms. The van der Waals surface area contributed by atoms with E-state index in [2.05, 4.69) is 15.6 Å². The van der Waals surface area contributed by atoms with Crippen LogP contribution in [0.4, 0.5) is 11.5 Å². The molecule has 0 radical (unpaired) electrons. The fraction of sp³-hybridized carbons (Fsp3) is 0.233. The summed E-state index contributed by atoms with van der Waals surface area (Å²) in [5.41, 5.74) is 7.67. The Morgan fingerprint density at radius 1 is 0.949 bits per heavy atom. The molecule has 1 amide bonds. The van der Waals surface area contributed by atoms with Gasteiger partial charge in [0.1, 0.15) is 11.9 Å². The van der Waals surface area contributed by atoms with E-state index >= 15 is 0 Å². The van der Waals surface area contributed by atoms with Crippen molar-refractivity contribution in [3.63, 3.8) is 0 Å². The number of fused-ring (bicyclic) bond motifs is 1. The third-order valence-corrected chi connectivity index (χ3v) is 6.00. The van der Waals surface area contributed by atoms with E-state index < -0.39 is 24.0 Å². The highest BCUT2D eigenvalue weighted by molar-refractivity contribution is 5.94. The fourth-order valence-electron chi connectivity index (χ4n) is 4.24. The lowest BCUT2D eigenvalue weighted by molar-refractivity contribution is -0.142. The number of nitrogens with zero attached hydrogens (tertiary/aromatic N) is 1.